The first-order valence-corrected chi connectivity index (χ1v) is 12.5. The lowest BCUT2D eigenvalue weighted by Gasteiger charge is -2.44. The molecule has 0 heterocycles. The van der Waals surface area contributed by atoms with Crippen molar-refractivity contribution in [2.24, 2.45) is 5.92 Å². The fourth-order valence-electron chi connectivity index (χ4n) is 4.09. The highest BCUT2D eigenvalue weighted by Crippen LogP contribution is 2.35. The van der Waals surface area contributed by atoms with Gasteiger partial charge in [0, 0.05) is 6.04 Å². The first-order chi connectivity index (χ1) is 16.7. The number of aryl methyl sites for hydroxylation is 2. The standard InChI is InChI=1S/C27H41N3O6/c1-16(2)22(29-26(34)36-27(5,6)7)25(33)30(19-10-9-11-19)23(24(32)28-15-21(31)35-8)20-14-17(3)12-13-18(20)4/h12-14,16,19,22-23H,9-11,15H2,1-8H3,(H,28,32)(H,29,34). The molecule has 9 nitrogen and oxygen atoms in total. The summed E-state index contributed by atoms with van der Waals surface area (Å²) in [6.45, 7) is 12.4. The van der Waals surface area contributed by atoms with Crippen molar-refractivity contribution < 1.29 is 28.7 Å². The van der Waals surface area contributed by atoms with Gasteiger partial charge in [-0.2, -0.15) is 0 Å². The molecule has 1 saturated carbocycles. The Balaban J connectivity index is 2.52. The van der Waals surface area contributed by atoms with Crippen molar-refractivity contribution in [2.75, 3.05) is 13.7 Å². The second kappa shape index (κ2) is 12.2. The van der Waals surface area contributed by atoms with Crippen molar-refractivity contribution in [1.29, 1.82) is 0 Å². The molecule has 3 amide bonds. The van der Waals surface area contributed by atoms with E-state index >= 15 is 0 Å². The average Bonchev–Trinajstić information content (AvgIpc) is 2.74. The van der Waals surface area contributed by atoms with Gasteiger partial charge in [-0.3, -0.25) is 14.4 Å². The Bertz CT molecular complexity index is 965. The van der Waals surface area contributed by atoms with Crippen LogP contribution in [0.15, 0.2) is 18.2 Å². The van der Waals surface area contributed by atoms with Gasteiger partial charge in [-0.15, -0.1) is 0 Å². The lowest BCUT2D eigenvalue weighted by atomic mass is 9.86. The Hall–Kier alpha value is -3.10. The number of benzene rings is 1. The van der Waals surface area contributed by atoms with Crippen LogP contribution in [0.2, 0.25) is 0 Å². The van der Waals surface area contributed by atoms with Gasteiger partial charge in [-0.05, 0) is 70.9 Å². The topological polar surface area (TPSA) is 114 Å². The van der Waals surface area contributed by atoms with Gasteiger partial charge >= 0.3 is 12.1 Å². The smallest absolute Gasteiger partial charge is 0.408 e. The molecule has 1 aliphatic carbocycles. The molecule has 1 aromatic carbocycles. The molecule has 2 atom stereocenters. The average molecular weight is 504 g/mol. The maximum atomic E-state index is 14.1. The van der Waals surface area contributed by atoms with Crippen molar-refractivity contribution in [3.05, 3.63) is 34.9 Å². The fourth-order valence-corrected chi connectivity index (χ4v) is 4.09. The predicted molar refractivity (Wildman–Crippen MR) is 136 cm³/mol. The number of methoxy groups -OCH3 is 1. The van der Waals surface area contributed by atoms with Crippen LogP contribution in [0, 0.1) is 19.8 Å². The Labute approximate surface area is 214 Å². The number of hydrogen-bond donors (Lipinski definition) is 2. The van der Waals surface area contributed by atoms with Gasteiger partial charge in [0.1, 0.15) is 24.2 Å². The second-order valence-electron chi connectivity index (χ2n) is 10.8. The maximum absolute atomic E-state index is 14.1. The van der Waals surface area contributed by atoms with E-state index in [2.05, 4.69) is 15.4 Å². The normalized spacial score (nSPS) is 15.4. The van der Waals surface area contributed by atoms with Gasteiger partial charge in [0.15, 0.2) is 0 Å². The van der Waals surface area contributed by atoms with Crippen molar-refractivity contribution in [3.8, 4) is 0 Å². The molecule has 36 heavy (non-hydrogen) atoms. The van der Waals surface area contributed by atoms with Crippen LogP contribution in [0.1, 0.15) is 76.6 Å². The molecule has 0 aromatic heterocycles. The minimum atomic E-state index is -0.978. The van der Waals surface area contributed by atoms with Gasteiger partial charge in [-0.1, -0.05) is 37.6 Å². The molecule has 0 bridgehead atoms. The van der Waals surface area contributed by atoms with E-state index in [-0.39, 0.29) is 24.4 Å². The zero-order valence-corrected chi connectivity index (χ0v) is 22.8. The highest BCUT2D eigenvalue weighted by atomic mass is 16.6. The van der Waals surface area contributed by atoms with E-state index in [1.807, 2.05) is 45.9 Å². The number of nitrogens with zero attached hydrogens (tertiary/aromatic N) is 1. The van der Waals surface area contributed by atoms with E-state index in [1.54, 1.807) is 25.7 Å². The van der Waals surface area contributed by atoms with E-state index in [0.717, 1.165) is 30.4 Å². The number of esters is 1. The molecule has 1 fully saturated rings. The van der Waals surface area contributed by atoms with Crippen molar-refractivity contribution in [1.82, 2.24) is 15.5 Å². The first kappa shape index (κ1) is 29.1. The van der Waals surface area contributed by atoms with Gasteiger partial charge in [0.25, 0.3) is 0 Å². The molecule has 0 aliphatic heterocycles. The summed E-state index contributed by atoms with van der Waals surface area (Å²) in [6.07, 6.45) is 1.73. The van der Waals surface area contributed by atoms with E-state index in [0.29, 0.717) is 5.56 Å². The largest absolute Gasteiger partial charge is 0.468 e. The Morgan fingerprint density at radius 3 is 2.25 bits per heavy atom. The van der Waals surface area contributed by atoms with Crippen molar-refractivity contribution >= 4 is 23.9 Å². The van der Waals surface area contributed by atoms with E-state index < -0.39 is 35.7 Å². The van der Waals surface area contributed by atoms with Crippen LogP contribution in [0.5, 0.6) is 0 Å². The summed E-state index contributed by atoms with van der Waals surface area (Å²) < 4.78 is 10.1. The molecule has 0 spiro atoms. The summed E-state index contributed by atoms with van der Waals surface area (Å²) in [4.78, 5) is 53.7. The number of carbonyl (C=O) groups is 4. The molecule has 0 saturated heterocycles. The summed E-state index contributed by atoms with van der Waals surface area (Å²) in [7, 11) is 1.25. The number of hydrogen-bond acceptors (Lipinski definition) is 6. The zero-order chi connectivity index (χ0) is 27.2. The molecule has 200 valence electrons. The van der Waals surface area contributed by atoms with Crippen molar-refractivity contribution in [3.63, 3.8) is 0 Å². The van der Waals surface area contributed by atoms with Crippen LogP contribution in [0.25, 0.3) is 0 Å². The van der Waals surface area contributed by atoms with Crippen molar-refractivity contribution in [2.45, 2.75) is 91.5 Å². The van der Waals surface area contributed by atoms with Gasteiger partial charge in [-0.25, -0.2) is 4.79 Å². The number of alkyl carbamates (subject to hydrolysis) is 1. The lowest BCUT2D eigenvalue weighted by Crippen LogP contribution is -2.59. The second-order valence-corrected chi connectivity index (χ2v) is 10.8. The van der Waals surface area contributed by atoms with E-state index in [1.165, 1.54) is 7.11 Å². The van der Waals surface area contributed by atoms with Gasteiger partial charge in [0.2, 0.25) is 11.8 Å². The third-order valence-electron chi connectivity index (χ3n) is 6.22. The molecule has 0 radical (unpaired) electrons. The summed E-state index contributed by atoms with van der Waals surface area (Å²) in [6, 6.07) is 3.69. The fraction of sp³-hybridized carbons (Fsp3) is 0.630. The minimum Gasteiger partial charge on any atom is -0.468 e. The molecule has 2 rings (SSSR count). The minimum absolute atomic E-state index is 0.173. The Morgan fingerprint density at radius 1 is 1.11 bits per heavy atom. The molecule has 2 N–H and O–H groups in total. The Kier molecular flexibility index (Phi) is 9.90. The molecular weight excluding hydrogens is 462 g/mol. The summed E-state index contributed by atoms with van der Waals surface area (Å²) >= 11 is 0. The number of amides is 3. The number of ether oxygens (including phenoxy) is 2. The molecule has 2 unspecified atom stereocenters. The zero-order valence-electron chi connectivity index (χ0n) is 22.8. The quantitative estimate of drug-likeness (QED) is 0.498. The predicted octanol–water partition coefficient (Wildman–Crippen LogP) is 3.56. The number of rotatable bonds is 9. The number of nitrogens with one attached hydrogen (secondary N) is 2. The third kappa shape index (κ3) is 7.70. The summed E-state index contributed by atoms with van der Waals surface area (Å²) in [5.74, 6) is -1.69. The van der Waals surface area contributed by atoms with Gasteiger partial charge in [0.05, 0.1) is 7.11 Å². The first-order valence-electron chi connectivity index (χ1n) is 12.5. The monoisotopic (exact) mass is 503 g/mol. The summed E-state index contributed by atoms with van der Waals surface area (Å²) in [5, 5.41) is 5.37. The van der Waals surface area contributed by atoms with Crippen LogP contribution in [-0.4, -0.2) is 60.1 Å². The van der Waals surface area contributed by atoms with Crippen LogP contribution in [0.4, 0.5) is 4.79 Å². The van der Waals surface area contributed by atoms with E-state index in [4.69, 9.17) is 4.74 Å². The highest BCUT2D eigenvalue weighted by molar-refractivity contribution is 5.93. The van der Waals surface area contributed by atoms with Crippen LogP contribution < -0.4 is 10.6 Å². The van der Waals surface area contributed by atoms with Gasteiger partial charge < -0.3 is 25.0 Å². The third-order valence-corrected chi connectivity index (χ3v) is 6.22. The molecule has 1 aliphatic rings. The molecular formula is C27H41N3O6. The maximum Gasteiger partial charge on any atom is 0.408 e. The summed E-state index contributed by atoms with van der Waals surface area (Å²) in [5.41, 5.74) is 1.74. The Morgan fingerprint density at radius 2 is 1.75 bits per heavy atom. The van der Waals surface area contributed by atoms with Crippen LogP contribution >= 0.6 is 0 Å². The SMILES string of the molecule is COC(=O)CNC(=O)C(c1cc(C)ccc1C)N(C(=O)C(NC(=O)OC(C)(C)C)C(C)C)C1CCC1. The van der Waals surface area contributed by atoms with Crippen LogP contribution in [-0.2, 0) is 23.9 Å². The van der Waals surface area contributed by atoms with E-state index in [9.17, 15) is 19.2 Å². The molecule has 9 heteroatoms. The lowest BCUT2D eigenvalue weighted by molar-refractivity contribution is -0.149. The number of carbonyl (C=O) groups excluding carboxylic acids is 4. The highest BCUT2D eigenvalue weighted by Gasteiger charge is 2.43. The van der Waals surface area contributed by atoms with Crippen LogP contribution in [0.3, 0.4) is 0 Å². The molecule has 1 aromatic rings.